The van der Waals surface area contributed by atoms with Crippen LogP contribution in [-0.4, -0.2) is 62.0 Å². The van der Waals surface area contributed by atoms with E-state index in [2.05, 4.69) is 10.1 Å². The monoisotopic (exact) mass is 340 g/mol. The molecular weight excluding hydrogens is 316 g/mol. The Morgan fingerprint density at radius 1 is 1.46 bits per heavy atom. The predicted octanol–water partition coefficient (Wildman–Crippen LogP) is 1.31. The van der Waals surface area contributed by atoms with E-state index in [0.717, 1.165) is 0 Å². The summed E-state index contributed by atoms with van der Waals surface area (Å²) in [7, 11) is 0. The van der Waals surface area contributed by atoms with E-state index in [-0.39, 0.29) is 24.9 Å². The summed E-state index contributed by atoms with van der Waals surface area (Å²) < 4.78 is 10.4. The first-order valence-electron chi connectivity index (χ1n) is 7.91. The first kappa shape index (κ1) is 18.2. The number of nitrogens with zero attached hydrogens (tertiary/aromatic N) is 4. The Morgan fingerprint density at radius 3 is 2.71 bits per heavy atom. The topological polar surface area (TPSA) is 109 Å². The minimum atomic E-state index is -0.937. The maximum absolute atomic E-state index is 12.5. The molecule has 1 aliphatic heterocycles. The van der Waals surface area contributed by atoms with Crippen molar-refractivity contribution in [1.82, 2.24) is 19.9 Å². The summed E-state index contributed by atoms with van der Waals surface area (Å²) in [5.74, 6) is -0.0606. The third-order valence-corrected chi connectivity index (χ3v) is 3.54. The lowest BCUT2D eigenvalue weighted by atomic mass is 10.1. The largest absolute Gasteiger partial charge is 0.444 e. The predicted molar refractivity (Wildman–Crippen MR) is 82.6 cm³/mol. The molecule has 2 amide bonds. The molecule has 1 fully saturated rings. The van der Waals surface area contributed by atoms with Gasteiger partial charge in [-0.15, -0.1) is 0 Å². The zero-order valence-electron chi connectivity index (χ0n) is 14.4. The molecule has 9 heteroatoms. The van der Waals surface area contributed by atoms with Crippen LogP contribution in [0.15, 0.2) is 10.9 Å². The molecule has 2 rings (SSSR count). The minimum Gasteiger partial charge on any atom is -0.444 e. The number of aliphatic hydroxyl groups excluding tert-OH is 1. The van der Waals surface area contributed by atoms with Gasteiger partial charge in [-0.1, -0.05) is 5.16 Å². The highest BCUT2D eigenvalue weighted by Crippen LogP contribution is 2.26. The highest BCUT2D eigenvalue weighted by Gasteiger charge is 2.37. The van der Waals surface area contributed by atoms with Gasteiger partial charge in [-0.2, -0.15) is 4.98 Å². The van der Waals surface area contributed by atoms with E-state index in [1.807, 2.05) is 0 Å². The zero-order chi connectivity index (χ0) is 17.9. The second-order valence-corrected chi connectivity index (χ2v) is 6.82. The Labute approximate surface area is 140 Å². The molecule has 0 aromatic carbocycles. The van der Waals surface area contributed by atoms with Crippen LogP contribution in [-0.2, 0) is 9.53 Å². The van der Waals surface area contributed by atoms with E-state index >= 15 is 0 Å². The van der Waals surface area contributed by atoms with Crippen LogP contribution < -0.4 is 0 Å². The second kappa shape index (κ2) is 7.16. The van der Waals surface area contributed by atoms with Gasteiger partial charge in [0.05, 0.1) is 12.8 Å². The minimum absolute atomic E-state index is 0.00824. The van der Waals surface area contributed by atoms with E-state index < -0.39 is 23.8 Å². The second-order valence-electron chi connectivity index (χ2n) is 6.82. The number of aromatic nitrogens is 2. The molecule has 0 aliphatic carbocycles. The van der Waals surface area contributed by atoms with Gasteiger partial charge in [-0.05, 0) is 34.1 Å². The van der Waals surface area contributed by atoms with Crippen molar-refractivity contribution in [2.24, 2.45) is 0 Å². The number of hydrogen-bond acceptors (Lipinski definition) is 7. The van der Waals surface area contributed by atoms with Crippen molar-refractivity contribution in [2.45, 2.75) is 58.3 Å². The molecule has 0 spiro atoms. The van der Waals surface area contributed by atoms with Gasteiger partial charge in [0.15, 0.2) is 6.33 Å². The molecule has 0 bridgehead atoms. The van der Waals surface area contributed by atoms with Crippen LogP contribution in [0.3, 0.4) is 0 Å². The Kier molecular flexibility index (Phi) is 5.43. The fraction of sp³-hybridized carbons (Fsp3) is 0.733. The normalized spacial score (nSPS) is 19.0. The van der Waals surface area contributed by atoms with Gasteiger partial charge in [-0.25, -0.2) is 4.79 Å². The number of carbonyl (C=O) groups excluding carboxylic acids is 2. The van der Waals surface area contributed by atoms with Gasteiger partial charge >= 0.3 is 6.09 Å². The lowest BCUT2D eigenvalue weighted by Gasteiger charge is -2.34. The van der Waals surface area contributed by atoms with Gasteiger partial charge in [-0.3, -0.25) is 9.69 Å². The molecule has 1 aliphatic rings. The summed E-state index contributed by atoms with van der Waals surface area (Å²) in [5, 5.41) is 13.6. The summed E-state index contributed by atoms with van der Waals surface area (Å²) in [5.41, 5.74) is -0.631. The van der Waals surface area contributed by atoms with Gasteiger partial charge in [0.25, 0.3) is 5.89 Å². The SMILES string of the molecule is CC(O)C(c1ncno1)N1CN(C(=O)OC(C)(C)C)CCCC1=O. The molecule has 2 unspecified atom stereocenters. The van der Waals surface area contributed by atoms with Crippen molar-refractivity contribution in [2.75, 3.05) is 13.2 Å². The maximum atomic E-state index is 12.5. The molecule has 0 saturated carbocycles. The standard InChI is InChI=1S/C15H24N4O5/c1-10(20)12(13-16-8-17-24-13)19-9-18(7-5-6-11(19)21)14(22)23-15(2,3)4/h8,10,12,20H,5-7,9H2,1-4H3. The number of aliphatic hydroxyl groups is 1. The van der Waals surface area contributed by atoms with Crippen molar-refractivity contribution >= 4 is 12.0 Å². The van der Waals surface area contributed by atoms with Gasteiger partial charge < -0.3 is 19.3 Å². The molecule has 1 aromatic rings. The van der Waals surface area contributed by atoms with E-state index in [1.165, 1.54) is 23.1 Å². The molecule has 2 atom stereocenters. The van der Waals surface area contributed by atoms with Crippen molar-refractivity contribution < 1.29 is 24.0 Å². The van der Waals surface area contributed by atoms with E-state index in [1.54, 1.807) is 20.8 Å². The highest BCUT2D eigenvalue weighted by molar-refractivity contribution is 5.78. The zero-order valence-corrected chi connectivity index (χ0v) is 14.4. The molecule has 1 aromatic heterocycles. The molecule has 1 N–H and O–H groups in total. The number of amides is 2. The maximum Gasteiger partial charge on any atom is 0.411 e. The highest BCUT2D eigenvalue weighted by atomic mass is 16.6. The Hall–Kier alpha value is -2.16. The van der Waals surface area contributed by atoms with Gasteiger partial charge in [0.1, 0.15) is 11.6 Å². The summed E-state index contributed by atoms with van der Waals surface area (Å²) in [4.78, 5) is 31.6. The summed E-state index contributed by atoms with van der Waals surface area (Å²) >= 11 is 0. The summed E-state index contributed by atoms with van der Waals surface area (Å²) in [6, 6.07) is -0.817. The van der Waals surface area contributed by atoms with Gasteiger partial charge in [0, 0.05) is 13.0 Å². The first-order chi connectivity index (χ1) is 11.2. The van der Waals surface area contributed by atoms with Gasteiger partial charge in [0.2, 0.25) is 5.91 Å². The molecular formula is C15H24N4O5. The van der Waals surface area contributed by atoms with Crippen LogP contribution in [0.25, 0.3) is 0 Å². The van der Waals surface area contributed by atoms with Crippen molar-refractivity contribution in [3.8, 4) is 0 Å². The van der Waals surface area contributed by atoms with E-state index in [9.17, 15) is 14.7 Å². The fourth-order valence-electron chi connectivity index (χ4n) is 2.53. The van der Waals surface area contributed by atoms with Crippen molar-refractivity contribution in [3.63, 3.8) is 0 Å². The third-order valence-electron chi connectivity index (χ3n) is 3.54. The summed E-state index contributed by atoms with van der Waals surface area (Å²) in [6.07, 6.45) is 0.547. The molecule has 24 heavy (non-hydrogen) atoms. The molecule has 9 nitrogen and oxygen atoms in total. The van der Waals surface area contributed by atoms with Crippen LogP contribution in [0.4, 0.5) is 4.79 Å². The van der Waals surface area contributed by atoms with Crippen LogP contribution >= 0.6 is 0 Å². The number of ether oxygens (including phenoxy) is 1. The van der Waals surface area contributed by atoms with Crippen LogP contribution in [0.5, 0.6) is 0 Å². The van der Waals surface area contributed by atoms with E-state index in [4.69, 9.17) is 9.26 Å². The fourth-order valence-corrected chi connectivity index (χ4v) is 2.53. The number of carbonyl (C=O) groups is 2. The Bertz CT molecular complexity index is 567. The average molecular weight is 340 g/mol. The molecule has 2 heterocycles. The summed E-state index contributed by atoms with van der Waals surface area (Å²) in [6.45, 7) is 7.26. The molecule has 1 saturated heterocycles. The third kappa shape index (κ3) is 4.44. The quantitative estimate of drug-likeness (QED) is 0.883. The van der Waals surface area contributed by atoms with Crippen LogP contribution in [0, 0.1) is 0 Å². The number of hydrogen-bond donors (Lipinski definition) is 1. The van der Waals surface area contributed by atoms with Crippen molar-refractivity contribution in [1.29, 1.82) is 0 Å². The Balaban J connectivity index is 2.23. The van der Waals surface area contributed by atoms with Crippen molar-refractivity contribution in [3.05, 3.63) is 12.2 Å². The lowest BCUT2D eigenvalue weighted by Crippen LogP contribution is -2.47. The lowest BCUT2D eigenvalue weighted by molar-refractivity contribution is -0.138. The van der Waals surface area contributed by atoms with Crippen LogP contribution in [0.2, 0.25) is 0 Å². The molecule has 134 valence electrons. The smallest absolute Gasteiger partial charge is 0.411 e. The average Bonchev–Trinajstić information content (AvgIpc) is 2.89. The first-order valence-corrected chi connectivity index (χ1v) is 7.91. The Morgan fingerprint density at radius 2 is 2.17 bits per heavy atom. The van der Waals surface area contributed by atoms with E-state index in [0.29, 0.717) is 13.0 Å². The van der Waals surface area contributed by atoms with Crippen LogP contribution in [0.1, 0.15) is 52.5 Å². The number of rotatable bonds is 3. The molecule has 0 radical (unpaired) electrons.